The van der Waals surface area contributed by atoms with E-state index in [2.05, 4.69) is 20.9 Å². The zero-order valence-electron chi connectivity index (χ0n) is 17.8. The maximum absolute atomic E-state index is 12.7. The van der Waals surface area contributed by atoms with Gasteiger partial charge in [0.15, 0.2) is 5.96 Å². The van der Waals surface area contributed by atoms with Gasteiger partial charge in [0.25, 0.3) is 5.91 Å². The molecule has 0 saturated carbocycles. The van der Waals surface area contributed by atoms with Gasteiger partial charge in [-0.25, -0.2) is 0 Å². The van der Waals surface area contributed by atoms with Crippen molar-refractivity contribution in [2.75, 3.05) is 23.7 Å². The lowest BCUT2D eigenvalue weighted by Crippen LogP contribution is -2.26. The summed E-state index contributed by atoms with van der Waals surface area (Å²) in [4.78, 5) is 29.3. The Morgan fingerprint density at radius 3 is 2.48 bits per heavy atom. The van der Waals surface area contributed by atoms with Gasteiger partial charge in [0, 0.05) is 33.6 Å². The van der Waals surface area contributed by atoms with Crippen molar-refractivity contribution in [3.05, 3.63) is 90.0 Å². The summed E-state index contributed by atoms with van der Waals surface area (Å²) in [7, 11) is 0. The molecule has 1 aliphatic rings. The molecule has 0 radical (unpaired) electrons. The first kappa shape index (κ1) is 22.4. The van der Waals surface area contributed by atoms with E-state index in [0.29, 0.717) is 11.3 Å². The number of aliphatic carboxylic acids is 1. The molecule has 1 amide bonds. The molecule has 8 heteroatoms. The molecule has 0 aliphatic carbocycles. The van der Waals surface area contributed by atoms with Gasteiger partial charge in [-0.05, 0) is 48.0 Å². The van der Waals surface area contributed by atoms with Gasteiger partial charge in [-0.3, -0.25) is 14.6 Å². The number of amides is 1. The van der Waals surface area contributed by atoms with E-state index in [0.717, 1.165) is 35.2 Å². The molecule has 0 saturated heterocycles. The zero-order chi connectivity index (χ0) is 23.0. The van der Waals surface area contributed by atoms with E-state index in [9.17, 15) is 14.7 Å². The Balaban J connectivity index is 1.41. The first-order chi connectivity index (χ1) is 16.1. The highest BCUT2D eigenvalue weighted by atomic mass is 32.2. The van der Waals surface area contributed by atoms with Gasteiger partial charge in [-0.2, -0.15) is 0 Å². The molecule has 1 unspecified atom stereocenters. The average Bonchev–Trinajstić information content (AvgIpc) is 3.33. The van der Waals surface area contributed by atoms with Crippen LogP contribution in [0.15, 0.2) is 88.8 Å². The lowest BCUT2D eigenvalue weighted by atomic mass is 10.1. The summed E-state index contributed by atoms with van der Waals surface area (Å²) in [6.45, 7) is 1.57. The third kappa shape index (κ3) is 6.36. The van der Waals surface area contributed by atoms with Crippen molar-refractivity contribution in [3.8, 4) is 0 Å². The van der Waals surface area contributed by atoms with E-state index in [1.54, 1.807) is 12.1 Å². The number of guanidine groups is 1. The van der Waals surface area contributed by atoms with E-state index in [1.807, 2.05) is 66.7 Å². The third-order valence-electron chi connectivity index (χ3n) is 4.99. The fraction of sp³-hybridized carbons (Fsp3) is 0.160. The Morgan fingerprint density at radius 1 is 1.00 bits per heavy atom. The van der Waals surface area contributed by atoms with Crippen LogP contribution < -0.4 is 16.0 Å². The Morgan fingerprint density at radius 2 is 1.79 bits per heavy atom. The van der Waals surface area contributed by atoms with Gasteiger partial charge in [-0.15, -0.1) is 11.8 Å². The number of benzene rings is 3. The molecule has 4 rings (SSSR count). The molecular weight excluding hydrogens is 436 g/mol. The smallest absolute Gasteiger partial charge is 0.304 e. The fourth-order valence-electron chi connectivity index (χ4n) is 3.39. The number of carboxylic acids is 1. The molecule has 0 aromatic heterocycles. The van der Waals surface area contributed by atoms with Crippen LogP contribution in [0.3, 0.4) is 0 Å². The number of anilines is 2. The fourth-order valence-corrected chi connectivity index (χ4v) is 4.59. The van der Waals surface area contributed by atoms with Crippen LogP contribution in [0.25, 0.3) is 0 Å². The number of aliphatic imine (C=N–C) groups is 1. The molecule has 33 heavy (non-hydrogen) atoms. The number of hydrogen-bond acceptors (Lipinski definition) is 6. The van der Waals surface area contributed by atoms with Crippen LogP contribution in [-0.2, 0) is 4.79 Å². The Hall–Kier alpha value is -3.78. The van der Waals surface area contributed by atoms with Crippen molar-refractivity contribution in [3.63, 3.8) is 0 Å². The summed E-state index contributed by atoms with van der Waals surface area (Å²) in [6.07, 6.45) is 0.00753. The molecule has 1 atom stereocenters. The first-order valence-electron chi connectivity index (χ1n) is 10.6. The second-order valence-electron chi connectivity index (χ2n) is 7.46. The van der Waals surface area contributed by atoms with Gasteiger partial charge in [0.05, 0.1) is 13.0 Å². The molecule has 7 nitrogen and oxygen atoms in total. The Labute approximate surface area is 196 Å². The standard InChI is InChI=1S/C25H24N4O3S/c30-23(31)16-22(17-5-2-1-3-6-17)33-21-8-4-7-20(15-21)28-24(32)18-9-11-19(12-10-18)29-25-26-13-14-27-25/h1-12,15,22H,13-14,16H2,(H,28,32)(H,30,31)(H2,26,27,29). The summed E-state index contributed by atoms with van der Waals surface area (Å²) in [6, 6.07) is 24.2. The van der Waals surface area contributed by atoms with E-state index >= 15 is 0 Å². The summed E-state index contributed by atoms with van der Waals surface area (Å²) in [5.41, 5.74) is 2.99. The van der Waals surface area contributed by atoms with Crippen molar-refractivity contribution in [2.45, 2.75) is 16.6 Å². The number of carbonyl (C=O) groups is 2. The lowest BCUT2D eigenvalue weighted by molar-refractivity contribution is -0.137. The third-order valence-corrected chi connectivity index (χ3v) is 6.24. The second-order valence-corrected chi connectivity index (χ2v) is 8.73. The van der Waals surface area contributed by atoms with Crippen molar-refractivity contribution in [1.82, 2.24) is 5.32 Å². The number of carbonyl (C=O) groups excluding carboxylic acids is 1. The molecule has 168 valence electrons. The Kier molecular flexibility index (Phi) is 7.26. The minimum atomic E-state index is -0.852. The summed E-state index contributed by atoms with van der Waals surface area (Å²) in [5, 5.41) is 18.3. The van der Waals surface area contributed by atoms with Crippen LogP contribution >= 0.6 is 11.8 Å². The molecule has 1 heterocycles. The topological polar surface area (TPSA) is 103 Å². The Bertz CT molecular complexity index is 1150. The molecular formula is C25H24N4O3S. The highest BCUT2D eigenvalue weighted by Gasteiger charge is 2.17. The van der Waals surface area contributed by atoms with E-state index < -0.39 is 5.97 Å². The maximum atomic E-state index is 12.7. The monoisotopic (exact) mass is 460 g/mol. The molecule has 0 spiro atoms. The van der Waals surface area contributed by atoms with Crippen molar-refractivity contribution < 1.29 is 14.7 Å². The van der Waals surface area contributed by atoms with Gasteiger partial charge in [-0.1, -0.05) is 36.4 Å². The maximum Gasteiger partial charge on any atom is 0.304 e. The van der Waals surface area contributed by atoms with Crippen LogP contribution in [0.4, 0.5) is 11.4 Å². The molecule has 0 bridgehead atoms. The molecule has 1 aliphatic heterocycles. The van der Waals surface area contributed by atoms with Gasteiger partial charge in [0.1, 0.15) is 0 Å². The van der Waals surface area contributed by atoms with Crippen LogP contribution in [-0.4, -0.2) is 36.0 Å². The molecule has 3 aromatic carbocycles. The number of thioether (sulfide) groups is 1. The van der Waals surface area contributed by atoms with Gasteiger partial charge < -0.3 is 21.1 Å². The van der Waals surface area contributed by atoms with Crippen molar-refractivity contribution in [1.29, 1.82) is 0 Å². The van der Waals surface area contributed by atoms with Gasteiger partial charge >= 0.3 is 5.97 Å². The van der Waals surface area contributed by atoms with E-state index in [-0.39, 0.29) is 17.6 Å². The van der Waals surface area contributed by atoms with E-state index in [1.165, 1.54) is 11.8 Å². The molecule has 0 fully saturated rings. The number of nitrogens with zero attached hydrogens (tertiary/aromatic N) is 1. The lowest BCUT2D eigenvalue weighted by Gasteiger charge is -2.16. The van der Waals surface area contributed by atoms with Crippen LogP contribution in [0.5, 0.6) is 0 Å². The highest BCUT2D eigenvalue weighted by Crippen LogP contribution is 2.38. The summed E-state index contributed by atoms with van der Waals surface area (Å²) >= 11 is 1.47. The SMILES string of the molecule is O=C(O)CC(Sc1cccc(NC(=O)c2ccc(NC3=NCCN3)cc2)c1)c1ccccc1. The number of hydrogen-bond donors (Lipinski definition) is 4. The number of nitrogens with one attached hydrogen (secondary N) is 3. The number of carboxylic acid groups (broad SMARTS) is 1. The van der Waals surface area contributed by atoms with Crippen LogP contribution in [0, 0.1) is 0 Å². The predicted molar refractivity (Wildman–Crippen MR) is 132 cm³/mol. The number of rotatable bonds is 8. The molecule has 3 aromatic rings. The highest BCUT2D eigenvalue weighted by molar-refractivity contribution is 7.99. The minimum absolute atomic E-state index is 0.00753. The minimum Gasteiger partial charge on any atom is -0.481 e. The summed E-state index contributed by atoms with van der Waals surface area (Å²) in [5.74, 6) is -0.335. The van der Waals surface area contributed by atoms with Crippen molar-refractivity contribution in [2.24, 2.45) is 4.99 Å². The quantitative estimate of drug-likeness (QED) is 0.366. The van der Waals surface area contributed by atoms with Crippen LogP contribution in [0.1, 0.15) is 27.6 Å². The van der Waals surface area contributed by atoms with Crippen LogP contribution in [0.2, 0.25) is 0 Å². The first-order valence-corrected chi connectivity index (χ1v) is 11.4. The second kappa shape index (κ2) is 10.7. The zero-order valence-corrected chi connectivity index (χ0v) is 18.6. The van der Waals surface area contributed by atoms with Gasteiger partial charge in [0.2, 0.25) is 0 Å². The largest absolute Gasteiger partial charge is 0.481 e. The molecule has 4 N–H and O–H groups in total. The predicted octanol–water partition coefficient (Wildman–Crippen LogP) is 4.62. The normalized spacial score (nSPS) is 13.5. The summed E-state index contributed by atoms with van der Waals surface area (Å²) < 4.78 is 0. The van der Waals surface area contributed by atoms with Crippen molar-refractivity contribution >= 4 is 41.0 Å². The van der Waals surface area contributed by atoms with E-state index in [4.69, 9.17) is 0 Å². The average molecular weight is 461 g/mol.